The van der Waals surface area contributed by atoms with E-state index in [1.54, 1.807) is 6.20 Å². The molecule has 1 amide bonds. The van der Waals surface area contributed by atoms with Crippen molar-refractivity contribution in [2.24, 2.45) is 11.8 Å². The van der Waals surface area contributed by atoms with Crippen LogP contribution in [0.5, 0.6) is 0 Å². The zero-order valence-electron chi connectivity index (χ0n) is 17.5. The van der Waals surface area contributed by atoms with Gasteiger partial charge in [0, 0.05) is 44.7 Å². The molecule has 3 aliphatic heterocycles. The van der Waals surface area contributed by atoms with Crippen LogP contribution in [0.15, 0.2) is 42.7 Å². The topological polar surface area (TPSA) is 52.6 Å². The molecule has 160 valence electrons. The molecule has 3 atom stereocenters. The van der Waals surface area contributed by atoms with E-state index in [1.807, 2.05) is 11.1 Å². The molecule has 0 saturated carbocycles. The fourth-order valence-corrected chi connectivity index (χ4v) is 5.47. The third kappa shape index (κ3) is 3.91. The lowest BCUT2D eigenvalue weighted by atomic mass is 9.90. The van der Waals surface area contributed by atoms with Gasteiger partial charge >= 0.3 is 0 Å². The molecule has 3 aliphatic rings. The number of nitrogens with zero attached hydrogens (tertiary/aromatic N) is 5. The Hall–Kier alpha value is -2.18. The molecule has 30 heavy (non-hydrogen) atoms. The van der Waals surface area contributed by atoms with Crippen LogP contribution >= 0.6 is 12.4 Å². The Balaban J connectivity index is 0.00000218. The number of rotatable bonds is 3. The van der Waals surface area contributed by atoms with Gasteiger partial charge in [-0.15, -0.1) is 12.4 Å². The number of anilines is 1. The van der Waals surface area contributed by atoms with E-state index in [9.17, 15) is 4.79 Å². The Kier molecular flexibility index (Phi) is 6.25. The molecule has 0 spiro atoms. The molecule has 1 aromatic heterocycles. The van der Waals surface area contributed by atoms with Crippen LogP contribution in [0.25, 0.3) is 0 Å². The van der Waals surface area contributed by atoms with Gasteiger partial charge in [-0.25, -0.2) is 4.98 Å². The number of fused-ring (bicyclic) bond motifs is 1. The van der Waals surface area contributed by atoms with Crippen molar-refractivity contribution in [1.29, 1.82) is 0 Å². The molecule has 3 fully saturated rings. The van der Waals surface area contributed by atoms with Gasteiger partial charge in [0.05, 0.1) is 12.4 Å². The van der Waals surface area contributed by atoms with Crippen LogP contribution in [-0.4, -0.2) is 65.4 Å². The summed E-state index contributed by atoms with van der Waals surface area (Å²) >= 11 is 0. The summed E-state index contributed by atoms with van der Waals surface area (Å²) in [4.78, 5) is 28.7. The SMILES string of the molecule is CN1C[C@H]2CN(c3cncc(C(=O)N4CCCCC4)n3)C[C@H]2[C@@H]1c1ccccc1.Cl. The summed E-state index contributed by atoms with van der Waals surface area (Å²) in [5.74, 6) is 2.07. The van der Waals surface area contributed by atoms with Crippen LogP contribution in [0.2, 0.25) is 0 Å². The van der Waals surface area contributed by atoms with Crippen LogP contribution < -0.4 is 4.90 Å². The van der Waals surface area contributed by atoms with Gasteiger partial charge in [0.25, 0.3) is 5.91 Å². The van der Waals surface area contributed by atoms with Gasteiger partial charge in [-0.2, -0.15) is 0 Å². The average Bonchev–Trinajstić information content (AvgIpc) is 3.31. The number of benzene rings is 1. The molecule has 7 heteroatoms. The first-order chi connectivity index (χ1) is 14.2. The van der Waals surface area contributed by atoms with Gasteiger partial charge in [-0.05, 0) is 37.8 Å². The van der Waals surface area contributed by atoms with Gasteiger partial charge in [-0.1, -0.05) is 30.3 Å². The predicted octanol–water partition coefficient (Wildman–Crippen LogP) is 3.26. The summed E-state index contributed by atoms with van der Waals surface area (Å²) in [6, 6.07) is 11.3. The predicted molar refractivity (Wildman–Crippen MR) is 120 cm³/mol. The van der Waals surface area contributed by atoms with Crippen molar-refractivity contribution in [3.8, 4) is 0 Å². The van der Waals surface area contributed by atoms with Crippen molar-refractivity contribution in [3.63, 3.8) is 0 Å². The highest BCUT2D eigenvalue weighted by Crippen LogP contribution is 2.44. The lowest BCUT2D eigenvalue weighted by molar-refractivity contribution is 0.0718. The Bertz CT molecular complexity index is 873. The highest BCUT2D eigenvalue weighted by molar-refractivity contribution is 5.92. The van der Waals surface area contributed by atoms with Gasteiger partial charge in [0.2, 0.25) is 0 Å². The smallest absolute Gasteiger partial charge is 0.274 e. The Morgan fingerprint density at radius 1 is 1.00 bits per heavy atom. The summed E-state index contributed by atoms with van der Waals surface area (Å²) in [5.41, 5.74) is 1.88. The highest BCUT2D eigenvalue weighted by atomic mass is 35.5. The van der Waals surface area contributed by atoms with Crippen LogP contribution in [0.4, 0.5) is 5.82 Å². The average molecular weight is 428 g/mol. The van der Waals surface area contributed by atoms with E-state index in [4.69, 9.17) is 4.98 Å². The summed E-state index contributed by atoms with van der Waals surface area (Å²) in [7, 11) is 2.23. The van der Waals surface area contributed by atoms with Crippen LogP contribution in [-0.2, 0) is 0 Å². The van der Waals surface area contributed by atoms with E-state index in [1.165, 1.54) is 12.0 Å². The summed E-state index contributed by atoms with van der Waals surface area (Å²) in [5, 5.41) is 0. The van der Waals surface area contributed by atoms with E-state index in [-0.39, 0.29) is 18.3 Å². The van der Waals surface area contributed by atoms with Gasteiger partial charge in [0.15, 0.2) is 0 Å². The highest BCUT2D eigenvalue weighted by Gasteiger charge is 2.46. The molecule has 6 nitrogen and oxygen atoms in total. The number of carbonyl (C=O) groups is 1. The van der Waals surface area contributed by atoms with Gasteiger partial charge in [-0.3, -0.25) is 14.7 Å². The fourth-order valence-electron chi connectivity index (χ4n) is 5.47. The number of halogens is 1. The standard InChI is InChI=1S/C23H29N5O.ClH/c1-26-14-18-15-28(16-19(18)22(26)17-8-4-2-5-9-17)21-13-24-12-20(25-21)23(29)27-10-6-3-7-11-27;/h2,4-5,8-9,12-13,18-19,22H,3,6-7,10-11,14-16H2,1H3;1H/t18-,19+,22-;/m0./s1. The molecule has 0 bridgehead atoms. The number of piperidine rings is 1. The number of aromatic nitrogens is 2. The first-order valence-electron chi connectivity index (χ1n) is 10.8. The van der Waals surface area contributed by atoms with Gasteiger partial charge in [0.1, 0.15) is 11.5 Å². The van der Waals surface area contributed by atoms with Crippen LogP contribution in [0, 0.1) is 11.8 Å². The lowest BCUT2D eigenvalue weighted by Crippen LogP contribution is -2.36. The van der Waals surface area contributed by atoms with E-state index in [0.29, 0.717) is 23.6 Å². The monoisotopic (exact) mass is 427 g/mol. The second kappa shape index (κ2) is 8.90. The van der Waals surface area contributed by atoms with E-state index in [0.717, 1.165) is 51.4 Å². The third-order valence-corrected chi connectivity index (χ3v) is 6.84. The normalized spacial score (nSPS) is 26.4. The minimum absolute atomic E-state index is 0. The van der Waals surface area contributed by atoms with E-state index < -0.39 is 0 Å². The zero-order chi connectivity index (χ0) is 19.8. The first kappa shape index (κ1) is 21.1. The van der Waals surface area contributed by atoms with Crippen molar-refractivity contribution in [2.75, 3.05) is 44.7 Å². The second-order valence-corrected chi connectivity index (χ2v) is 8.74. The molecular weight excluding hydrogens is 398 g/mol. The summed E-state index contributed by atoms with van der Waals surface area (Å²) < 4.78 is 0. The molecule has 0 aliphatic carbocycles. The number of hydrogen-bond acceptors (Lipinski definition) is 5. The number of hydrogen-bond donors (Lipinski definition) is 0. The van der Waals surface area contributed by atoms with Crippen molar-refractivity contribution in [2.45, 2.75) is 25.3 Å². The van der Waals surface area contributed by atoms with Gasteiger partial charge < -0.3 is 9.80 Å². The Morgan fingerprint density at radius 3 is 2.53 bits per heavy atom. The fraction of sp³-hybridized carbons (Fsp3) is 0.522. The largest absolute Gasteiger partial charge is 0.355 e. The van der Waals surface area contributed by atoms with Crippen molar-refractivity contribution < 1.29 is 4.79 Å². The maximum atomic E-state index is 12.8. The molecule has 0 radical (unpaired) electrons. The molecule has 0 unspecified atom stereocenters. The maximum Gasteiger partial charge on any atom is 0.274 e. The quantitative estimate of drug-likeness (QED) is 0.752. The van der Waals surface area contributed by atoms with E-state index in [2.05, 4.69) is 52.2 Å². The summed E-state index contributed by atoms with van der Waals surface area (Å²) in [6.07, 6.45) is 6.82. The van der Waals surface area contributed by atoms with Crippen molar-refractivity contribution >= 4 is 24.1 Å². The third-order valence-electron chi connectivity index (χ3n) is 6.84. The molecule has 0 N–H and O–H groups in total. The lowest BCUT2D eigenvalue weighted by Gasteiger charge is -2.28. The molecule has 1 aromatic carbocycles. The van der Waals surface area contributed by atoms with Crippen molar-refractivity contribution in [3.05, 3.63) is 54.0 Å². The summed E-state index contributed by atoms with van der Waals surface area (Å²) in [6.45, 7) is 4.72. The molecular formula is C23H30ClN5O. The number of carbonyl (C=O) groups excluding carboxylic acids is 1. The van der Waals surface area contributed by atoms with Crippen LogP contribution in [0.3, 0.4) is 0 Å². The Morgan fingerprint density at radius 2 is 1.77 bits per heavy atom. The second-order valence-electron chi connectivity index (χ2n) is 8.74. The molecule has 4 heterocycles. The number of likely N-dealkylation sites (tertiary alicyclic amines) is 2. The minimum Gasteiger partial charge on any atom is -0.355 e. The maximum absolute atomic E-state index is 12.8. The Labute approximate surface area is 184 Å². The number of amides is 1. The zero-order valence-corrected chi connectivity index (χ0v) is 18.3. The van der Waals surface area contributed by atoms with E-state index >= 15 is 0 Å². The minimum atomic E-state index is 0. The molecule has 5 rings (SSSR count). The molecule has 2 aromatic rings. The van der Waals surface area contributed by atoms with Crippen LogP contribution in [0.1, 0.15) is 41.4 Å². The van der Waals surface area contributed by atoms with Crippen molar-refractivity contribution in [1.82, 2.24) is 19.8 Å². The molecule has 3 saturated heterocycles. The first-order valence-corrected chi connectivity index (χ1v) is 10.8.